The van der Waals surface area contributed by atoms with Gasteiger partial charge < -0.3 is 14.1 Å². The summed E-state index contributed by atoms with van der Waals surface area (Å²) >= 11 is 6.97. The topological polar surface area (TPSA) is 77.4 Å². The summed E-state index contributed by atoms with van der Waals surface area (Å²) in [5.41, 5.74) is 2.22. The van der Waals surface area contributed by atoms with Crippen molar-refractivity contribution in [3.05, 3.63) is 87.9 Å². The van der Waals surface area contributed by atoms with Gasteiger partial charge in [0.05, 0.1) is 12.3 Å². The summed E-state index contributed by atoms with van der Waals surface area (Å²) in [7, 11) is -2.04. The van der Waals surface area contributed by atoms with Crippen LogP contribution in [0.25, 0.3) is 21.3 Å². The first kappa shape index (κ1) is 33.1. The lowest BCUT2D eigenvalue weighted by Gasteiger charge is -2.38. The van der Waals surface area contributed by atoms with Crippen LogP contribution in [0.5, 0.6) is 0 Å². The molecule has 0 spiro atoms. The molecule has 1 unspecified atom stereocenters. The molecule has 226 valence electrons. The van der Waals surface area contributed by atoms with Crippen molar-refractivity contribution in [2.75, 3.05) is 6.61 Å². The molecule has 42 heavy (non-hydrogen) atoms. The molecule has 2 aromatic heterocycles. The fraction of sp³-hybridized carbons (Fsp3) is 0.424. The van der Waals surface area contributed by atoms with Crippen molar-refractivity contribution in [3.8, 4) is 11.3 Å². The van der Waals surface area contributed by atoms with Gasteiger partial charge in [0, 0.05) is 37.7 Å². The van der Waals surface area contributed by atoms with E-state index in [1.54, 1.807) is 24.5 Å². The molecule has 0 saturated heterocycles. The lowest BCUT2D eigenvalue weighted by atomic mass is 9.96. The van der Waals surface area contributed by atoms with Crippen LogP contribution < -0.4 is 4.72 Å². The van der Waals surface area contributed by atoms with Crippen molar-refractivity contribution < 1.29 is 14.1 Å². The van der Waals surface area contributed by atoms with Crippen molar-refractivity contribution in [2.24, 2.45) is 0 Å². The molecule has 5 nitrogen and oxygen atoms in total. The summed E-state index contributed by atoms with van der Waals surface area (Å²) in [6, 6.07) is 19.4. The molecular formula is C33H43ClN2O3S2Si. The molecular weight excluding hydrogens is 600 g/mol. The van der Waals surface area contributed by atoms with E-state index in [1.807, 2.05) is 63.2 Å². The standard InChI is InChI=1S/C33H43ClN2O3S2Si/c1-31(2,3)41(38)36-29(24-14-10-11-16-26(24)34)28-19-22-13-12-15-25(30(22)40-28)27-20-23(17-18-35-27)33(7,37)21-39-42(8,9)32(4,5)6/h10-20,29,36-37H,21H2,1-9H3/t29-,33?,41+/m1/s1. The van der Waals surface area contributed by atoms with Gasteiger partial charge in [0.1, 0.15) is 16.4 Å². The van der Waals surface area contributed by atoms with E-state index < -0.39 is 30.0 Å². The summed E-state index contributed by atoms with van der Waals surface area (Å²) < 4.78 is 23.6. The maximum absolute atomic E-state index is 13.3. The Kier molecular flexibility index (Phi) is 9.73. The predicted octanol–water partition coefficient (Wildman–Crippen LogP) is 8.99. The molecule has 0 aliphatic rings. The Labute approximate surface area is 264 Å². The average Bonchev–Trinajstić information content (AvgIpc) is 3.34. The number of thiophene rings is 1. The Morgan fingerprint density at radius 3 is 2.36 bits per heavy atom. The Balaban J connectivity index is 1.73. The van der Waals surface area contributed by atoms with Crippen molar-refractivity contribution in [3.63, 3.8) is 0 Å². The van der Waals surface area contributed by atoms with E-state index in [2.05, 4.69) is 56.8 Å². The fourth-order valence-corrected chi connectivity index (χ4v) is 7.70. The van der Waals surface area contributed by atoms with Gasteiger partial charge in [0.25, 0.3) is 0 Å². The quantitative estimate of drug-likeness (QED) is 0.141. The van der Waals surface area contributed by atoms with Crippen molar-refractivity contribution >= 4 is 52.7 Å². The highest BCUT2D eigenvalue weighted by atomic mass is 35.5. The van der Waals surface area contributed by atoms with E-state index >= 15 is 0 Å². The summed E-state index contributed by atoms with van der Waals surface area (Å²) in [6.45, 7) is 18.8. The third-order valence-corrected chi connectivity index (χ3v) is 15.7. The van der Waals surface area contributed by atoms with Crippen LogP contribution in [0.15, 0.2) is 66.9 Å². The number of pyridine rings is 1. The van der Waals surface area contributed by atoms with Crippen LogP contribution in [0, 0.1) is 0 Å². The number of aliphatic hydroxyl groups is 1. The smallest absolute Gasteiger partial charge is 0.192 e. The summed E-state index contributed by atoms with van der Waals surface area (Å²) in [4.78, 5) is 5.71. The van der Waals surface area contributed by atoms with Crippen LogP contribution in [-0.4, -0.2) is 34.3 Å². The third kappa shape index (κ3) is 7.30. The molecule has 2 heterocycles. The second-order valence-electron chi connectivity index (χ2n) is 13.6. The molecule has 2 N–H and O–H groups in total. The SMILES string of the molecule is CC(O)(CO[Si](C)(C)C(C)(C)C)c1ccnc(-c2cccc3cc([C@H](N[S@@+]([O-])C(C)(C)C)c4ccccc4Cl)sc23)c1. The maximum Gasteiger partial charge on any atom is 0.192 e. The van der Waals surface area contributed by atoms with Crippen LogP contribution in [0.2, 0.25) is 23.2 Å². The Bertz CT molecular complexity index is 1540. The number of rotatable bonds is 9. The van der Waals surface area contributed by atoms with Crippen molar-refractivity contribution in [1.29, 1.82) is 0 Å². The minimum atomic E-state index is -2.04. The number of hydrogen-bond donors (Lipinski definition) is 2. The summed E-state index contributed by atoms with van der Waals surface area (Å²) in [5, 5.41) is 13.2. The minimum absolute atomic E-state index is 0.0508. The maximum atomic E-state index is 13.3. The number of aromatic nitrogens is 1. The molecule has 0 aliphatic heterocycles. The van der Waals surface area contributed by atoms with Crippen LogP contribution in [-0.2, 0) is 21.4 Å². The van der Waals surface area contributed by atoms with Crippen molar-refractivity contribution in [2.45, 2.75) is 83.0 Å². The number of benzene rings is 2. The predicted molar refractivity (Wildman–Crippen MR) is 182 cm³/mol. The van der Waals surface area contributed by atoms with E-state index in [9.17, 15) is 9.66 Å². The van der Waals surface area contributed by atoms with Gasteiger partial charge in [-0.05, 0) is 86.6 Å². The van der Waals surface area contributed by atoms with Crippen LogP contribution >= 0.6 is 22.9 Å². The normalized spacial score (nSPS) is 15.9. The molecule has 0 fully saturated rings. The van der Waals surface area contributed by atoms with E-state index in [0.717, 1.165) is 37.3 Å². The van der Waals surface area contributed by atoms with E-state index in [4.69, 9.17) is 21.0 Å². The highest BCUT2D eigenvalue weighted by Crippen LogP contribution is 2.41. The number of hydrogen-bond acceptors (Lipinski definition) is 6. The second-order valence-corrected chi connectivity index (χ2v) is 21.9. The molecule has 0 radical (unpaired) electrons. The summed E-state index contributed by atoms with van der Waals surface area (Å²) in [6.07, 6.45) is 1.75. The highest BCUT2D eigenvalue weighted by molar-refractivity contribution is 7.90. The van der Waals surface area contributed by atoms with Crippen LogP contribution in [0.4, 0.5) is 0 Å². The van der Waals surface area contributed by atoms with Crippen molar-refractivity contribution in [1.82, 2.24) is 9.71 Å². The first-order valence-electron chi connectivity index (χ1n) is 14.2. The van der Waals surface area contributed by atoms with E-state index in [1.165, 1.54) is 0 Å². The van der Waals surface area contributed by atoms with Gasteiger partial charge in [-0.25, -0.2) is 0 Å². The van der Waals surface area contributed by atoms with Crippen LogP contribution in [0.3, 0.4) is 0 Å². The Morgan fingerprint density at radius 1 is 1.02 bits per heavy atom. The van der Waals surface area contributed by atoms with Gasteiger partial charge in [-0.1, -0.05) is 68.8 Å². The molecule has 9 heteroatoms. The fourth-order valence-electron chi connectivity index (χ4n) is 4.23. The number of fused-ring (bicyclic) bond motifs is 1. The van der Waals surface area contributed by atoms with Gasteiger partial charge in [0.2, 0.25) is 0 Å². The van der Waals surface area contributed by atoms with E-state index in [0.29, 0.717) is 5.02 Å². The number of nitrogens with one attached hydrogen (secondary N) is 1. The largest absolute Gasteiger partial charge is 0.598 e. The lowest BCUT2D eigenvalue weighted by molar-refractivity contribution is 0.00258. The minimum Gasteiger partial charge on any atom is -0.598 e. The lowest BCUT2D eigenvalue weighted by Crippen LogP contribution is -2.44. The molecule has 4 aromatic rings. The van der Waals surface area contributed by atoms with Gasteiger partial charge in [-0.2, -0.15) is 0 Å². The van der Waals surface area contributed by atoms with Gasteiger partial charge in [-0.3, -0.25) is 4.98 Å². The molecule has 0 saturated carbocycles. The molecule has 3 atom stereocenters. The second kappa shape index (κ2) is 12.3. The number of nitrogens with zero attached hydrogens (tertiary/aromatic N) is 1. The zero-order valence-electron chi connectivity index (χ0n) is 26.0. The third-order valence-electron chi connectivity index (χ3n) is 8.02. The van der Waals surface area contributed by atoms with Crippen LogP contribution in [0.1, 0.15) is 70.5 Å². The van der Waals surface area contributed by atoms with Gasteiger partial charge in [-0.15, -0.1) is 16.1 Å². The Hall–Kier alpha value is -1.75. The van der Waals surface area contributed by atoms with Gasteiger partial charge >= 0.3 is 0 Å². The summed E-state index contributed by atoms with van der Waals surface area (Å²) in [5.74, 6) is 0. The zero-order chi connectivity index (χ0) is 31.1. The first-order valence-corrected chi connectivity index (χ1v) is 19.4. The molecule has 2 aromatic carbocycles. The Morgan fingerprint density at radius 2 is 1.71 bits per heavy atom. The first-order chi connectivity index (χ1) is 19.4. The monoisotopic (exact) mass is 642 g/mol. The molecule has 4 rings (SSSR count). The van der Waals surface area contributed by atoms with Gasteiger partial charge in [0.15, 0.2) is 8.32 Å². The molecule has 0 bridgehead atoms. The molecule has 0 amide bonds. The van der Waals surface area contributed by atoms with E-state index in [-0.39, 0.29) is 17.7 Å². The average molecular weight is 643 g/mol. The molecule has 0 aliphatic carbocycles. The highest BCUT2D eigenvalue weighted by Gasteiger charge is 2.39. The number of halogens is 1. The zero-order valence-corrected chi connectivity index (χ0v) is 29.4.